The van der Waals surface area contributed by atoms with Gasteiger partial charge in [-0.1, -0.05) is 27.5 Å². The highest BCUT2D eigenvalue weighted by molar-refractivity contribution is 9.09. The molecule has 2 aromatic carbocycles. The fourth-order valence-electron chi connectivity index (χ4n) is 3.01. The predicted molar refractivity (Wildman–Crippen MR) is 113 cm³/mol. The van der Waals surface area contributed by atoms with Crippen LogP contribution in [0, 0.1) is 5.82 Å². The Bertz CT molecular complexity index is 1020. The molecule has 0 amide bonds. The van der Waals surface area contributed by atoms with E-state index in [2.05, 4.69) is 31.2 Å². The van der Waals surface area contributed by atoms with Gasteiger partial charge in [-0.15, -0.1) is 0 Å². The third-order valence-electron chi connectivity index (χ3n) is 4.40. The van der Waals surface area contributed by atoms with E-state index in [0.717, 1.165) is 11.8 Å². The Balaban J connectivity index is 1.71. The van der Waals surface area contributed by atoms with Gasteiger partial charge in [0.05, 0.1) is 30.4 Å². The molecule has 0 aliphatic carbocycles. The summed E-state index contributed by atoms with van der Waals surface area (Å²) in [5, 5.41) is 4.64. The van der Waals surface area contributed by atoms with Crippen molar-refractivity contribution in [1.29, 1.82) is 0 Å². The van der Waals surface area contributed by atoms with E-state index in [4.69, 9.17) is 25.8 Å². The lowest BCUT2D eigenvalue weighted by molar-refractivity contribution is 0.138. The van der Waals surface area contributed by atoms with E-state index in [0.29, 0.717) is 53.7 Å². The fourth-order valence-corrected chi connectivity index (χ4v) is 3.36. The zero-order chi connectivity index (χ0) is 20.2. The van der Waals surface area contributed by atoms with E-state index >= 15 is 0 Å². The van der Waals surface area contributed by atoms with Gasteiger partial charge in [-0.2, -0.15) is 0 Å². The molecular formula is C20H18BrClFN3O3. The van der Waals surface area contributed by atoms with Gasteiger partial charge in [-0.25, -0.2) is 14.4 Å². The van der Waals surface area contributed by atoms with Gasteiger partial charge in [-0.05, 0) is 24.3 Å². The summed E-state index contributed by atoms with van der Waals surface area (Å²) in [6, 6.07) is 8.08. The molecule has 0 bridgehead atoms. The molecule has 1 aliphatic rings. The van der Waals surface area contributed by atoms with Crippen LogP contribution in [0.25, 0.3) is 10.9 Å². The van der Waals surface area contributed by atoms with Crippen molar-refractivity contribution >= 4 is 49.9 Å². The number of fused-ring (bicyclic) bond motifs is 1. The Hall–Kier alpha value is -2.16. The van der Waals surface area contributed by atoms with Crippen molar-refractivity contribution in [2.75, 3.05) is 30.5 Å². The second kappa shape index (κ2) is 9.11. The van der Waals surface area contributed by atoms with Crippen LogP contribution >= 0.6 is 27.5 Å². The molecule has 0 spiro atoms. The number of rotatable bonds is 7. The van der Waals surface area contributed by atoms with Gasteiger partial charge in [0.1, 0.15) is 24.1 Å². The van der Waals surface area contributed by atoms with Gasteiger partial charge in [0.2, 0.25) is 0 Å². The molecule has 1 aromatic heterocycles. The van der Waals surface area contributed by atoms with Gasteiger partial charge < -0.3 is 19.5 Å². The smallest absolute Gasteiger partial charge is 0.163 e. The molecule has 4 rings (SSSR count). The normalized spacial score (nSPS) is 16.2. The predicted octanol–water partition coefficient (Wildman–Crippen LogP) is 5.11. The van der Waals surface area contributed by atoms with E-state index in [1.165, 1.54) is 18.5 Å². The molecule has 1 saturated heterocycles. The minimum Gasteiger partial charge on any atom is -0.489 e. The Kier molecular flexibility index (Phi) is 6.32. The first-order valence-electron chi connectivity index (χ1n) is 9.08. The van der Waals surface area contributed by atoms with E-state index in [1.807, 2.05) is 12.1 Å². The second-order valence-corrected chi connectivity index (χ2v) is 7.63. The third kappa shape index (κ3) is 4.71. The molecule has 152 valence electrons. The number of ether oxygens (including phenoxy) is 3. The maximum atomic E-state index is 13.5. The van der Waals surface area contributed by atoms with Gasteiger partial charge in [0.25, 0.3) is 0 Å². The number of nitrogens with zero attached hydrogens (tertiary/aromatic N) is 2. The van der Waals surface area contributed by atoms with Gasteiger partial charge >= 0.3 is 0 Å². The summed E-state index contributed by atoms with van der Waals surface area (Å²) in [6.45, 7) is 1.71. The zero-order valence-corrected chi connectivity index (χ0v) is 17.7. The molecule has 1 atom stereocenters. The highest BCUT2D eigenvalue weighted by Gasteiger charge is 2.21. The first kappa shape index (κ1) is 20.1. The van der Waals surface area contributed by atoms with Crippen molar-refractivity contribution < 1.29 is 18.6 Å². The standard InChI is InChI=1S/C20H18BrClFN3O3/c21-4-6-28-18-9-17-14(8-19(18)29-13-3-5-27-10-13)20(25-11-24-17)26-12-1-2-16(23)15(22)7-12/h1-2,7-9,11,13H,3-6,10H2,(H,24,25,26)/t13-/m0/s1. The lowest BCUT2D eigenvalue weighted by atomic mass is 10.2. The second-order valence-electron chi connectivity index (χ2n) is 6.43. The number of anilines is 2. The lowest BCUT2D eigenvalue weighted by Gasteiger charge is -2.17. The maximum absolute atomic E-state index is 13.5. The molecule has 2 heterocycles. The first-order chi connectivity index (χ1) is 14.1. The Labute approximate surface area is 180 Å². The Morgan fingerprint density at radius 2 is 2.14 bits per heavy atom. The summed E-state index contributed by atoms with van der Waals surface area (Å²) in [6.07, 6.45) is 2.24. The summed E-state index contributed by atoms with van der Waals surface area (Å²) in [7, 11) is 0. The third-order valence-corrected chi connectivity index (χ3v) is 5.01. The number of alkyl halides is 1. The van der Waals surface area contributed by atoms with E-state index < -0.39 is 5.82 Å². The van der Waals surface area contributed by atoms with Crippen molar-refractivity contribution in [2.24, 2.45) is 0 Å². The van der Waals surface area contributed by atoms with Crippen LogP contribution in [0.15, 0.2) is 36.7 Å². The SMILES string of the molecule is Fc1ccc(Nc2ncnc3cc(OCCBr)c(O[C@H]4CCOC4)cc23)cc1Cl. The summed E-state index contributed by atoms with van der Waals surface area (Å²) >= 11 is 9.26. The monoisotopic (exact) mass is 481 g/mol. The quantitative estimate of drug-likeness (QED) is 0.472. The van der Waals surface area contributed by atoms with Gasteiger partial charge in [-0.3, -0.25) is 0 Å². The number of hydrogen-bond acceptors (Lipinski definition) is 6. The van der Waals surface area contributed by atoms with Crippen LogP contribution in [0.3, 0.4) is 0 Å². The molecule has 1 fully saturated rings. The molecule has 1 N–H and O–H groups in total. The Morgan fingerprint density at radius 3 is 2.90 bits per heavy atom. The average Bonchev–Trinajstić information content (AvgIpc) is 3.23. The number of nitrogens with one attached hydrogen (secondary N) is 1. The minimum absolute atomic E-state index is 0.0316. The van der Waals surface area contributed by atoms with E-state index in [-0.39, 0.29) is 11.1 Å². The van der Waals surface area contributed by atoms with Crippen LogP contribution in [0.2, 0.25) is 5.02 Å². The summed E-state index contributed by atoms with van der Waals surface area (Å²) in [4.78, 5) is 8.68. The topological polar surface area (TPSA) is 65.5 Å². The van der Waals surface area contributed by atoms with Crippen molar-refractivity contribution in [1.82, 2.24) is 9.97 Å². The summed E-state index contributed by atoms with van der Waals surface area (Å²) in [5.41, 5.74) is 1.30. The van der Waals surface area contributed by atoms with Gasteiger partial charge in [0.15, 0.2) is 11.5 Å². The minimum atomic E-state index is -0.479. The van der Waals surface area contributed by atoms with Crippen LogP contribution in [-0.2, 0) is 4.74 Å². The molecule has 29 heavy (non-hydrogen) atoms. The molecule has 6 nitrogen and oxygen atoms in total. The highest BCUT2D eigenvalue weighted by Crippen LogP contribution is 2.36. The fraction of sp³-hybridized carbons (Fsp3) is 0.300. The highest BCUT2D eigenvalue weighted by atomic mass is 79.9. The lowest BCUT2D eigenvalue weighted by Crippen LogP contribution is -2.16. The van der Waals surface area contributed by atoms with E-state index in [1.54, 1.807) is 6.07 Å². The van der Waals surface area contributed by atoms with Crippen molar-refractivity contribution in [3.8, 4) is 11.5 Å². The molecule has 3 aromatic rings. The van der Waals surface area contributed by atoms with Crippen LogP contribution < -0.4 is 14.8 Å². The molecular weight excluding hydrogens is 465 g/mol. The van der Waals surface area contributed by atoms with Gasteiger partial charge in [0, 0.05) is 28.9 Å². The largest absolute Gasteiger partial charge is 0.489 e. The number of hydrogen-bond donors (Lipinski definition) is 1. The zero-order valence-electron chi connectivity index (χ0n) is 15.3. The van der Waals surface area contributed by atoms with Crippen molar-refractivity contribution in [3.63, 3.8) is 0 Å². The maximum Gasteiger partial charge on any atom is 0.163 e. The number of benzene rings is 2. The van der Waals surface area contributed by atoms with E-state index in [9.17, 15) is 4.39 Å². The van der Waals surface area contributed by atoms with Crippen LogP contribution in [-0.4, -0.2) is 41.2 Å². The molecule has 0 saturated carbocycles. The Morgan fingerprint density at radius 1 is 1.24 bits per heavy atom. The number of halogens is 3. The molecule has 0 unspecified atom stereocenters. The van der Waals surface area contributed by atoms with Crippen LogP contribution in [0.4, 0.5) is 15.9 Å². The number of aromatic nitrogens is 2. The molecule has 0 radical (unpaired) electrons. The average molecular weight is 483 g/mol. The molecule has 1 aliphatic heterocycles. The summed E-state index contributed by atoms with van der Waals surface area (Å²) in [5.74, 6) is 1.28. The van der Waals surface area contributed by atoms with Crippen LogP contribution in [0.1, 0.15) is 6.42 Å². The molecule has 9 heteroatoms. The van der Waals surface area contributed by atoms with Crippen molar-refractivity contribution in [2.45, 2.75) is 12.5 Å². The van der Waals surface area contributed by atoms with Crippen molar-refractivity contribution in [3.05, 3.63) is 47.5 Å². The summed E-state index contributed by atoms with van der Waals surface area (Å²) < 4.78 is 30.8. The van der Waals surface area contributed by atoms with Crippen LogP contribution in [0.5, 0.6) is 11.5 Å². The first-order valence-corrected chi connectivity index (χ1v) is 10.6.